The largest absolute Gasteiger partial charge is 0.488 e. The number of nitrogens with zero attached hydrogens (tertiary/aromatic N) is 1. The Kier molecular flexibility index (Phi) is 6.59. The summed E-state index contributed by atoms with van der Waals surface area (Å²) < 4.78 is 6.28. The van der Waals surface area contributed by atoms with Gasteiger partial charge in [-0.05, 0) is 76.2 Å². The van der Waals surface area contributed by atoms with Crippen LogP contribution in [0.25, 0.3) is 10.8 Å². The van der Waals surface area contributed by atoms with Crippen molar-refractivity contribution in [1.29, 1.82) is 0 Å². The van der Waals surface area contributed by atoms with Crippen LogP contribution >= 0.6 is 11.6 Å². The lowest BCUT2D eigenvalue weighted by Gasteiger charge is -2.37. The predicted molar refractivity (Wildman–Crippen MR) is 166 cm³/mol. The number of allylic oxidation sites excluding steroid dienone is 2. The molecule has 0 radical (unpaired) electrons. The van der Waals surface area contributed by atoms with Crippen LogP contribution in [0.1, 0.15) is 40.6 Å². The average molecular weight is 541 g/mol. The minimum absolute atomic E-state index is 0.275. The third kappa shape index (κ3) is 4.78. The number of nitrogens with one attached hydrogen (secondary N) is 1. The van der Waals surface area contributed by atoms with Crippen molar-refractivity contribution >= 4 is 40.0 Å². The number of fused-ring (bicyclic) bond motifs is 4. The molecule has 0 amide bonds. The van der Waals surface area contributed by atoms with Crippen molar-refractivity contribution < 1.29 is 4.74 Å². The van der Waals surface area contributed by atoms with Gasteiger partial charge in [-0.15, -0.1) is 0 Å². The summed E-state index contributed by atoms with van der Waals surface area (Å²) in [5, 5.41) is 6.78. The Morgan fingerprint density at radius 1 is 0.875 bits per heavy atom. The number of hydrogen-bond acceptors (Lipinski definition) is 3. The zero-order valence-electron chi connectivity index (χ0n) is 22.0. The standard InChI is InChI=1S/C36H29ClN2O/c37-27-9-5-7-24(21-27)23-40-35-20-17-25-8-1-2-10-29(25)33(35)22-38-28-18-15-26(16-19-28)36-32-13-6-12-30(32)31-11-3-4-14-34(31)39-36/h1-12,14-22,30,32,36,39H,13,23H2/t30-,32-,36+/m1/s1. The van der Waals surface area contributed by atoms with E-state index in [1.807, 2.05) is 36.5 Å². The summed E-state index contributed by atoms with van der Waals surface area (Å²) in [7, 11) is 0. The van der Waals surface area contributed by atoms with Crippen molar-refractivity contribution in [2.75, 3.05) is 5.32 Å². The molecule has 4 heteroatoms. The van der Waals surface area contributed by atoms with E-state index in [0.717, 1.165) is 39.8 Å². The van der Waals surface area contributed by atoms with Crippen molar-refractivity contribution in [2.45, 2.75) is 25.0 Å². The van der Waals surface area contributed by atoms with E-state index in [2.05, 4.69) is 96.3 Å². The zero-order valence-corrected chi connectivity index (χ0v) is 22.8. The SMILES string of the molecule is Clc1cccc(COc2ccc3ccccc3c2C=Nc2ccc([C@@H]3Nc4ccccc4[C@H]4C=CC[C@H]43)cc2)c1. The fourth-order valence-corrected chi connectivity index (χ4v) is 6.32. The Bertz CT molecular complexity index is 1740. The van der Waals surface area contributed by atoms with Crippen LogP contribution in [0, 0.1) is 5.92 Å². The Morgan fingerprint density at radius 3 is 2.62 bits per heavy atom. The highest BCUT2D eigenvalue weighted by Gasteiger charge is 2.37. The molecule has 1 heterocycles. The second kappa shape index (κ2) is 10.7. The van der Waals surface area contributed by atoms with Gasteiger partial charge in [-0.2, -0.15) is 0 Å². The number of halogens is 1. The van der Waals surface area contributed by atoms with E-state index in [-0.39, 0.29) is 6.04 Å². The van der Waals surface area contributed by atoms with Gasteiger partial charge in [0.15, 0.2) is 0 Å². The predicted octanol–water partition coefficient (Wildman–Crippen LogP) is 9.65. The molecule has 1 aliphatic heterocycles. The molecule has 1 N–H and O–H groups in total. The van der Waals surface area contributed by atoms with E-state index in [4.69, 9.17) is 21.3 Å². The van der Waals surface area contributed by atoms with Gasteiger partial charge in [-0.3, -0.25) is 4.99 Å². The van der Waals surface area contributed by atoms with E-state index in [0.29, 0.717) is 23.5 Å². The number of para-hydroxylation sites is 1. The summed E-state index contributed by atoms with van der Waals surface area (Å²) in [6.45, 7) is 0.434. The molecule has 0 unspecified atom stereocenters. The molecular weight excluding hydrogens is 512 g/mol. The van der Waals surface area contributed by atoms with Crippen LogP contribution < -0.4 is 10.1 Å². The molecule has 2 aliphatic rings. The van der Waals surface area contributed by atoms with Crippen molar-refractivity contribution in [3.63, 3.8) is 0 Å². The van der Waals surface area contributed by atoms with Gasteiger partial charge < -0.3 is 10.1 Å². The average Bonchev–Trinajstić information content (AvgIpc) is 3.50. The van der Waals surface area contributed by atoms with E-state index < -0.39 is 0 Å². The third-order valence-corrected chi connectivity index (χ3v) is 8.32. The maximum atomic E-state index is 6.28. The lowest BCUT2D eigenvalue weighted by atomic mass is 9.77. The molecule has 1 aliphatic carbocycles. The van der Waals surface area contributed by atoms with Gasteiger partial charge in [-0.1, -0.05) is 96.5 Å². The molecule has 196 valence electrons. The molecule has 0 fully saturated rings. The lowest BCUT2D eigenvalue weighted by molar-refractivity contribution is 0.306. The number of ether oxygens (including phenoxy) is 1. The summed E-state index contributed by atoms with van der Waals surface area (Å²) in [5.41, 5.74) is 6.84. The molecule has 0 spiro atoms. The minimum atomic E-state index is 0.275. The van der Waals surface area contributed by atoms with E-state index in [1.165, 1.54) is 16.8 Å². The van der Waals surface area contributed by atoms with Crippen molar-refractivity contribution in [2.24, 2.45) is 10.9 Å². The van der Waals surface area contributed by atoms with Crippen LogP contribution in [-0.4, -0.2) is 6.21 Å². The first-order valence-electron chi connectivity index (χ1n) is 13.8. The molecular formula is C36H29ClN2O. The van der Waals surface area contributed by atoms with Crippen LogP contribution in [0.3, 0.4) is 0 Å². The topological polar surface area (TPSA) is 33.6 Å². The van der Waals surface area contributed by atoms with E-state index in [9.17, 15) is 0 Å². The lowest BCUT2D eigenvalue weighted by Crippen LogP contribution is -2.28. The first-order chi connectivity index (χ1) is 19.7. The highest BCUT2D eigenvalue weighted by molar-refractivity contribution is 6.30. The molecule has 0 saturated heterocycles. The molecule has 7 rings (SSSR count). The normalized spacial score (nSPS) is 19.4. The first kappa shape index (κ1) is 24.7. The number of hydrogen-bond donors (Lipinski definition) is 1. The van der Waals surface area contributed by atoms with E-state index >= 15 is 0 Å². The van der Waals surface area contributed by atoms with Gasteiger partial charge in [0, 0.05) is 28.4 Å². The number of benzene rings is 5. The highest BCUT2D eigenvalue weighted by atomic mass is 35.5. The summed E-state index contributed by atoms with van der Waals surface area (Å²) in [6.07, 6.45) is 7.74. The molecule has 5 aromatic rings. The molecule has 0 aromatic heterocycles. The molecule has 0 bridgehead atoms. The van der Waals surface area contributed by atoms with Crippen LogP contribution in [-0.2, 0) is 6.61 Å². The van der Waals surface area contributed by atoms with Crippen LogP contribution in [0.15, 0.2) is 126 Å². The van der Waals surface area contributed by atoms with Gasteiger partial charge in [0.1, 0.15) is 12.4 Å². The van der Waals surface area contributed by atoms with Gasteiger partial charge in [0.25, 0.3) is 0 Å². The molecule has 0 saturated carbocycles. The van der Waals surface area contributed by atoms with Gasteiger partial charge >= 0.3 is 0 Å². The Hall–Kier alpha value is -4.34. The Morgan fingerprint density at radius 2 is 1.73 bits per heavy atom. The summed E-state index contributed by atoms with van der Waals surface area (Å²) >= 11 is 6.18. The van der Waals surface area contributed by atoms with Crippen LogP contribution in [0.4, 0.5) is 11.4 Å². The van der Waals surface area contributed by atoms with Crippen molar-refractivity contribution in [3.8, 4) is 5.75 Å². The number of rotatable bonds is 6. The zero-order chi connectivity index (χ0) is 26.9. The fraction of sp³-hybridized carbons (Fsp3) is 0.139. The number of anilines is 1. The number of aliphatic imine (C=N–C) groups is 1. The van der Waals surface area contributed by atoms with E-state index in [1.54, 1.807) is 0 Å². The smallest absolute Gasteiger partial charge is 0.129 e. The third-order valence-electron chi connectivity index (χ3n) is 8.08. The highest BCUT2D eigenvalue weighted by Crippen LogP contribution is 2.49. The molecule has 3 nitrogen and oxygen atoms in total. The quantitative estimate of drug-likeness (QED) is 0.172. The fourth-order valence-electron chi connectivity index (χ4n) is 6.10. The van der Waals surface area contributed by atoms with Gasteiger partial charge in [-0.25, -0.2) is 0 Å². The van der Waals surface area contributed by atoms with Crippen LogP contribution in [0.2, 0.25) is 5.02 Å². The van der Waals surface area contributed by atoms with Crippen molar-refractivity contribution in [3.05, 3.63) is 149 Å². The minimum Gasteiger partial charge on any atom is -0.488 e. The Balaban J connectivity index is 1.15. The maximum absolute atomic E-state index is 6.28. The summed E-state index contributed by atoms with van der Waals surface area (Å²) in [5.74, 6) is 1.79. The monoisotopic (exact) mass is 540 g/mol. The van der Waals surface area contributed by atoms with Gasteiger partial charge in [0.05, 0.1) is 11.7 Å². The summed E-state index contributed by atoms with van der Waals surface area (Å²) in [4.78, 5) is 4.89. The van der Waals surface area contributed by atoms with Gasteiger partial charge in [0.2, 0.25) is 0 Å². The molecule has 3 atom stereocenters. The maximum Gasteiger partial charge on any atom is 0.129 e. The second-order valence-corrected chi connectivity index (χ2v) is 11.0. The molecule has 5 aromatic carbocycles. The first-order valence-corrected chi connectivity index (χ1v) is 14.2. The van der Waals surface area contributed by atoms with Crippen LogP contribution in [0.5, 0.6) is 5.75 Å². The van der Waals surface area contributed by atoms with Crippen molar-refractivity contribution in [1.82, 2.24) is 0 Å². The summed E-state index contributed by atoms with van der Waals surface area (Å²) in [6, 6.07) is 37.8. The second-order valence-electron chi connectivity index (χ2n) is 10.5. The Labute approximate surface area is 239 Å². The molecule has 40 heavy (non-hydrogen) atoms.